The van der Waals surface area contributed by atoms with Gasteiger partial charge in [-0.1, -0.05) is 13.8 Å². The van der Waals surface area contributed by atoms with Gasteiger partial charge in [0.05, 0.1) is 0 Å². The Hall–Kier alpha value is 0.350. The molecule has 1 aliphatic heterocycles. The topological polar surface area (TPSA) is 0 Å². The highest BCUT2D eigenvalue weighted by Crippen LogP contribution is 2.50. The van der Waals surface area contributed by atoms with Gasteiger partial charge in [0.2, 0.25) is 0 Å². The van der Waals surface area contributed by atoms with E-state index in [0.717, 1.165) is 16.6 Å². The van der Waals surface area contributed by atoms with Gasteiger partial charge in [0, 0.05) is 5.25 Å². The van der Waals surface area contributed by atoms with Crippen molar-refractivity contribution in [3.05, 3.63) is 0 Å². The van der Waals surface area contributed by atoms with Crippen LogP contribution < -0.4 is 0 Å². The van der Waals surface area contributed by atoms with Crippen LogP contribution in [-0.2, 0) is 0 Å². The van der Waals surface area contributed by atoms with E-state index in [1.165, 1.54) is 31.4 Å². The molecule has 2 aliphatic rings. The van der Waals surface area contributed by atoms with Crippen molar-refractivity contribution in [3.8, 4) is 0 Å². The zero-order valence-corrected chi connectivity index (χ0v) is 8.41. The molecular formula is C10H18S. The molecule has 2 rings (SSSR count). The summed E-state index contributed by atoms with van der Waals surface area (Å²) in [6, 6.07) is 0. The van der Waals surface area contributed by atoms with Crippen molar-refractivity contribution in [2.45, 2.75) is 44.8 Å². The molecule has 0 radical (unpaired) electrons. The Morgan fingerprint density at radius 2 is 2.18 bits per heavy atom. The Balaban J connectivity index is 2.09. The van der Waals surface area contributed by atoms with Gasteiger partial charge in [-0.15, -0.1) is 0 Å². The first-order valence-corrected chi connectivity index (χ1v) is 5.86. The van der Waals surface area contributed by atoms with Crippen LogP contribution in [0.25, 0.3) is 0 Å². The molecule has 0 nitrogen and oxygen atoms in total. The van der Waals surface area contributed by atoms with Crippen molar-refractivity contribution in [1.29, 1.82) is 0 Å². The van der Waals surface area contributed by atoms with Crippen LogP contribution in [0.15, 0.2) is 0 Å². The predicted octanol–water partition coefficient (Wildman–Crippen LogP) is 3.32. The van der Waals surface area contributed by atoms with Crippen molar-refractivity contribution < 1.29 is 0 Å². The molecule has 1 saturated heterocycles. The Morgan fingerprint density at radius 1 is 1.36 bits per heavy atom. The SMILES string of the molecule is C[C@H]1CC[C@@]2(C)CCS[C@@H]1C2. The van der Waals surface area contributed by atoms with Crippen LogP contribution in [0.4, 0.5) is 0 Å². The van der Waals surface area contributed by atoms with Crippen molar-refractivity contribution in [3.63, 3.8) is 0 Å². The van der Waals surface area contributed by atoms with E-state index in [2.05, 4.69) is 25.6 Å². The maximum absolute atomic E-state index is 2.49. The fourth-order valence-corrected chi connectivity index (χ4v) is 4.36. The van der Waals surface area contributed by atoms with Crippen LogP contribution in [0.3, 0.4) is 0 Å². The molecule has 2 fully saturated rings. The number of rotatable bonds is 0. The van der Waals surface area contributed by atoms with Gasteiger partial charge in [-0.05, 0) is 42.8 Å². The largest absolute Gasteiger partial charge is 0.158 e. The molecule has 1 aliphatic carbocycles. The summed E-state index contributed by atoms with van der Waals surface area (Å²) in [4.78, 5) is 0. The van der Waals surface area contributed by atoms with Gasteiger partial charge in [0.15, 0.2) is 0 Å². The maximum atomic E-state index is 2.49. The summed E-state index contributed by atoms with van der Waals surface area (Å²) in [5.74, 6) is 2.42. The molecule has 64 valence electrons. The van der Waals surface area contributed by atoms with Crippen molar-refractivity contribution in [1.82, 2.24) is 0 Å². The van der Waals surface area contributed by atoms with Gasteiger partial charge in [-0.25, -0.2) is 0 Å². The molecule has 0 aromatic rings. The Bertz CT molecular complexity index is 155. The molecule has 3 atom stereocenters. The Kier molecular flexibility index (Phi) is 1.95. The molecule has 1 heteroatoms. The summed E-state index contributed by atoms with van der Waals surface area (Å²) in [6.45, 7) is 4.92. The van der Waals surface area contributed by atoms with Crippen LogP contribution in [-0.4, -0.2) is 11.0 Å². The second-order valence-electron chi connectivity index (χ2n) is 4.69. The van der Waals surface area contributed by atoms with E-state index in [0.29, 0.717) is 0 Å². The minimum atomic E-state index is 0.739. The highest BCUT2D eigenvalue weighted by atomic mass is 32.2. The second kappa shape index (κ2) is 2.69. The molecule has 1 saturated carbocycles. The first-order valence-electron chi connectivity index (χ1n) is 4.81. The van der Waals surface area contributed by atoms with Crippen LogP contribution >= 0.6 is 11.8 Å². The third-order valence-electron chi connectivity index (χ3n) is 3.57. The van der Waals surface area contributed by atoms with E-state index < -0.39 is 0 Å². The quantitative estimate of drug-likeness (QED) is 0.537. The molecule has 0 spiro atoms. The summed E-state index contributed by atoms with van der Waals surface area (Å²) in [7, 11) is 0. The Labute approximate surface area is 74.1 Å². The van der Waals surface area contributed by atoms with Crippen molar-refractivity contribution in [2.75, 3.05) is 5.75 Å². The molecule has 0 amide bonds. The average molecular weight is 170 g/mol. The van der Waals surface area contributed by atoms with Crippen LogP contribution in [0.5, 0.6) is 0 Å². The summed E-state index contributed by atoms with van der Waals surface area (Å²) in [5, 5.41) is 1.00. The standard InChI is InChI=1S/C10H18S/c1-8-3-4-10(2)5-6-11-9(8)7-10/h8-9H,3-7H2,1-2H3/t8-,9+,10-/m0/s1. The summed E-state index contributed by atoms with van der Waals surface area (Å²) in [5.41, 5.74) is 0.739. The minimum absolute atomic E-state index is 0.739. The van der Waals surface area contributed by atoms with E-state index in [-0.39, 0.29) is 0 Å². The van der Waals surface area contributed by atoms with E-state index in [1.807, 2.05) is 0 Å². The van der Waals surface area contributed by atoms with Gasteiger partial charge < -0.3 is 0 Å². The van der Waals surface area contributed by atoms with Crippen LogP contribution in [0.1, 0.15) is 39.5 Å². The van der Waals surface area contributed by atoms with Gasteiger partial charge in [0.1, 0.15) is 0 Å². The van der Waals surface area contributed by atoms with Gasteiger partial charge in [-0.3, -0.25) is 0 Å². The van der Waals surface area contributed by atoms with Crippen LogP contribution in [0, 0.1) is 11.3 Å². The van der Waals surface area contributed by atoms with Gasteiger partial charge in [-0.2, -0.15) is 11.8 Å². The predicted molar refractivity (Wildman–Crippen MR) is 52.0 cm³/mol. The van der Waals surface area contributed by atoms with E-state index in [9.17, 15) is 0 Å². The lowest BCUT2D eigenvalue weighted by molar-refractivity contribution is 0.171. The monoisotopic (exact) mass is 170 g/mol. The Morgan fingerprint density at radius 3 is 2.91 bits per heavy atom. The fraction of sp³-hybridized carbons (Fsp3) is 1.00. The first kappa shape index (κ1) is 7.97. The molecule has 0 unspecified atom stereocenters. The molecule has 1 heterocycles. The molecule has 2 bridgehead atoms. The van der Waals surface area contributed by atoms with Gasteiger partial charge in [0.25, 0.3) is 0 Å². The highest BCUT2D eigenvalue weighted by Gasteiger charge is 2.38. The lowest BCUT2D eigenvalue weighted by Gasteiger charge is -2.45. The third-order valence-corrected chi connectivity index (χ3v) is 5.07. The molecule has 0 aromatic heterocycles. The summed E-state index contributed by atoms with van der Waals surface area (Å²) in [6.07, 6.45) is 5.94. The lowest BCUT2D eigenvalue weighted by atomic mass is 9.70. The highest BCUT2D eigenvalue weighted by molar-refractivity contribution is 7.99. The second-order valence-corrected chi connectivity index (χ2v) is 6.04. The molecule has 0 N–H and O–H groups in total. The van der Waals surface area contributed by atoms with Crippen molar-refractivity contribution in [2.24, 2.45) is 11.3 Å². The van der Waals surface area contributed by atoms with Gasteiger partial charge >= 0.3 is 0 Å². The minimum Gasteiger partial charge on any atom is -0.158 e. The number of hydrogen-bond donors (Lipinski definition) is 0. The average Bonchev–Trinajstić information content (AvgIpc) is 1.99. The maximum Gasteiger partial charge on any atom is 0.00778 e. The van der Waals surface area contributed by atoms with E-state index in [4.69, 9.17) is 0 Å². The molecule has 11 heavy (non-hydrogen) atoms. The first-order chi connectivity index (χ1) is 5.20. The number of hydrogen-bond acceptors (Lipinski definition) is 1. The van der Waals surface area contributed by atoms with E-state index in [1.54, 1.807) is 0 Å². The van der Waals surface area contributed by atoms with Crippen LogP contribution in [0.2, 0.25) is 0 Å². The smallest absolute Gasteiger partial charge is 0.00778 e. The number of thioether (sulfide) groups is 1. The van der Waals surface area contributed by atoms with E-state index >= 15 is 0 Å². The summed E-state index contributed by atoms with van der Waals surface area (Å²) < 4.78 is 0. The molecular weight excluding hydrogens is 152 g/mol. The normalized spacial score (nSPS) is 50.7. The summed E-state index contributed by atoms with van der Waals surface area (Å²) >= 11 is 2.22. The lowest BCUT2D eigenvalue weighted by Crippen LogP contribution is -2.36. The zero-order chi connectivity index (χ0) is 7.90. The van der Waals surface area contributed by atoms with Crippen molar-refractivity contribution >= 4 is 11.8 Å². The fourth-order valence-electron chi connectivity index (χ4n) is 2.46. The number of fused-ring (bicyclic) bond motifs is 2. The molecule has 0 aromatic carbocycles. The zero-order valence-electron chi connectivity index (χ0n) is 7.60. The third kappa shape index (κ3) is 1.44.